The second-order valence-electron chi connectivity index (χ2n) is 3.39. The molecule has 0 amide bonds. The Morgan fingerprint density at radius 1 is 1.24 bits per heavy atom. The molecular formula is C12H9NO4. The van der Waals surface area contributed by atoms with Crippen molar-refractivity contribution in [2.45, 2.75) is 6.42 Å². The zero-order valence-electron chi connectivity index (χ0n) is 8.79. The van der Waals surface area contributed by atoms with Crippen molar-refractivity contribution in [3.8, 4) is 11.3 Å². The minimum absolute atomic E-state index is 0.0543. The van der Waals surface area contributed by atoms with Gasteiger partial charge in [0.2, 0.25) is 0 Å². The summed E-state index contributed by atoms with van der Waals surface area (Å²) in [6.45, 7) is 0. The molecule has 1 aromatic heterocycles. The van der Waals surface area contributed by atoms with E-state index < -0.39 is 18.2 Å². The summed E-state index contributed by atoms with van der Waals surface area (Å²) in [5, 5.41) is 8.56. The SMILES string of the molecule is O=C(O)CC(=O)c1ncoc1-c1ccccc1. The molecule has 0 radical (unpaired) electrons. The van der Waals surface area contributed by atoms with Gasteiger partial charge < -0.3 is 9.52 Å². The quantitative estimate of drug-likeness (QED) is 0.643. The number of benzene rings is 1. The lowest BCUT2D eigenvalue weighted by atomic mass is 10.1. The van der Waals surface area contributed by atoms with Gasteiger partial charge in [-0.1, -0.05) is 30.3 Å². The molecule has 86 valence electrons. The Bertz CT molecular complexity index is 545. The Hall–Kier alpha value is -2.43. The van der Waals surface area contributed by atoms with Crippen LogP contribution >= 0.6 is 0 Å². The summed E-state index contributed by atoms with van der Waals surface area (Å²) >= 11 is 0. The molecule has 0 fully saturated rings. The first-order valence-electron chi connectivity index (χ1n) is 4.92. The number of aromatic nitrogens is 1. The normalized spacial score (nSPS) is 10.1. The second-order valence-corrected chi connectivity index (χ2v) is 3.39. The third-order valence-corrected chi connectivity index (χ3v) is 2.18. The van der Waals surface area contributed by atoms with Gasteiger partial charge in [-0.15, -0.1) is 0 Å². The minimum atomic E-state index is -1.18. The van der Waals surface area contributed by atoms with Crippen LogP contribution in [0.5, 0.6) is 0 Å². The van der Waals surface area contributed by atoms with E-state index in [4.69, 9.17) is 9.52 Å². The molecule has 0 saturated carbocycles. The van der Waals surface area contributed by atoms with Crippen LogP contribution in [0.1, 0.15) is 16.9 Å². The van der Waals surface area contributed by atoms with Gasteiger partial charge in [0, 0.05) is 5.56 Å². The number of hydrogen-bond donors (Lipinski definition) is 1. The van der Waals surface area contributed by atoms with Gasteiger partial charge in [-0.3, -0.25) is 9.59 Å². The van der Waals surface area contributed by atoms with Crippen molar-refractivity contribution in [2.24, 2.45) is 0 Å². The summed E-state index contributed by atoms with van der Waals surface area (Å²) in [4.78, 5) is 25.8. The zero-order valence-corrected chi connectivity index (χ0v) is 8.79. The van der Waals surface area contributed by atoms with Gasteiger partial charge in [0.1, 0.15) is 6.42 Å². The molecule has 5 heteroatoms. The number of carbonyl (C=O) groups is 2. The van der Waals surface area contributed by atoms with Gasteiger partial charge in [0.15, 0.2) is 23.6 Å². The number of Topliss-reactive ketones (excluding diaryl/α,β-unsaturated/α-hetero) is 1. The first-order valence-corrected chi connectivity index (χ1v) is 4.92. The first-order chi connectivity index (χ1) is 8.18. The molecule has 0 aliphatic rings. The average molecular weight is 231 g/mol. The van der Waals surface area contributed by atoms with Gasteiger partial charge in [0.05, 0.1) is 0 Å². The Morgan fingerprint density at radius 3 is 2.59 bits per heavy atom. The van der Waals surface area contributed by atoms with Gasteiger partial charge in [-0.05, 0) is 0 Å². The van der Waals surface area contributed by atoms with Crippen LogP contribution in [0.2, 0.25) is 0 Å². The van der Waals surface area contributed by atoms with Crippen molar-refractivity contribution in [1.29, 1.82) is 0 Å². The highest BCUT2D eigenvalue weighted by Crippen LogP contribution is 2.23. The van der Waals surface area contributed by atoms with Crippen LogP contribution in [0.4, 0.5) is 0 Å². The number of carboxylic acids is 1. The van der Waals surface area contributed by atoms with E-state index in [0.717, 1.165) is 6.39 Å². The highest BCUT2D eigenvalue weighted by molar-refractivity contribution is 6.07. The largest absolute Gasteiger partial charge is 0.481 e. The lowest BCUT2D eigenvalue weighted by Crippen LogP contribution is -2.08. The van der Waals surface area contributed by atoms with Gasteiger partial charge >= 0.3 is 5.97 Å². The Kier molecular flexibility index (Phi) is 3.00. The van der Waals surface area contributed by atoms with Crippen LogP contribution in [-0.4, -0.2) is 21.8 Å². The number of nitrogens with zero attached hydrogens (tertiary/aromatic N) is 1. The number of oxazole rings is 1. The molecule has 1 N–H and O–H groups in total. The van der Waals surface area contributed by atoms with Crippen LogP contribution in [-0.2, 0) is 4.79 Å². The third kappa shape index (κ3) is 2.39. The van der Waals surface area contributed by atoms with Crippen molar-refractivity contribution >= 4 is 11.8 Å². The molecule has 2 aromatic rings. The van der Waals surface area contributed by atoms with Gasteiger partial charge in [-0.25, -0.2) is 4.98 Å². The lowest BCUT2D eigenvalue weighted by Gasteiger charge is -1.98. The van der Waals surface area contributed by atoms with E-state index in [1.807, 2.05) is 6.07 Å². The smallest absolute Gasteiger partial charge is 0.311 e. The molecule has 2 rings (SSSR count). The zero-order chi connectivity index (χ0) is 12.3. The second kappa shape index (κ2) is 4.61. The molecule has 1 heterocycles. The molecule has 0 spiro atoms. The summed E-state index contributed by atoms with van der Waals surface area (Å²) in [6, 6.07) is 8.95. The number of carboxylic acid groups (broad SMARTS) is 1. The Morgan fingerprint density at radius 2 is 1.94 bits per heavy atom. The van der Waals surface area contributed by atoms with E-state index in [1.165, 1.54) is 0 Å². The summed E-state index contributed by atoms with van der Waals surface area (Å²) < 4.78 is 5.13. The predicted octanol–water partition coefficient (Wildman–Crippen LogP) is 2.00. The third-order valence-electron chi connectivity index (χ3n) is 2.18. The van der Waals surface area contributed by atoms with E-state index in [9.17, 15) is 9.59 Å². The lowest BCUT2D eigenvalue weighted by molar-refractivity contribution is -0.135. The van der Waals surface area contributed by atoms with Gasteiger partial charge in [0.25, 0.3) is 0 Å². The fourth-order valence-corrected chi connectivity index (χ4v) is 1.46. The Balaban J connectivity index is 2.35. The number of hydrogen-bond acceptors (Lipinski definition) is 4. The number of ketones is 1. The van der Waals surface area contributed by atoms with Crippen LogP contribution in [0.3, 0.4) is 0 Å². The highest BCUT2D eigenvalue weighted by Gasteiger charge is 2.20. The minimum Gasteiger partial charge on any atom is -0.481 e. The topological polar surface area (TPSA) is 80.4 Å². The van der Waals surface area contributed by atoms with Crippen molar-refractivity contribution in [3.63, 3.8) is 0 Å². The fraction of sp³-hybridized carbons (Fsp3) is 0.0833. The van der Waals surface area contributed by atoms with Crippen LogP contribution < -0.4 is 0 Å². The van der Waals surface area contributed by atoms with Crippen molar-refractivity contribution < 1.29 is 19.1 Å². The van der Waals surface area contributed by atoms with E-state index in [1.54, 1.807) is 24.3 Å². The average Bonchev–Trinajstić information content (AvgIpc) is 2.78. The standard InChI is InChI=1S/C12H9NO4/c14-9(6-10(15)16)11-12(17-7-13-11)8-4-2-1-3-5-8/h1-5,7H,6H2,(H,15,16). The fourth-order valence-electron chi connectivity index (χ4n) is 1.46. The maximum absolute atomic E-state index is 11.6. The van der Waals surface area contributed by atoms with Crippen molar-refractivity contribution in [2.75, 3.05) is 0 Å². The molecule has 0 bridgehead atoms. The number of aliphatic carboxylic acids is 1. The molecule has 0 aliphatic carbocycles. The summed E-state index contributed by atoms with van der Waals surface area (Å²) in [5.74, 6) is -1.45. The van der Waals surface area contributed by atoms with Crippen LogP contribution in [0.15, 0.2) is 41.1 Å². The van der Waals surface area contributed by atoms with E-state index in [0.29, 0.717) is 11.3 Å². The summed E-state index contributed by atoms with van der Waals surface area (Å²) in [7, 11) is 0. The van der Waals surface area contributed by atoms with Crippen molar-refractivity contribution in [3.05, 3.63) is 42.4 Å². The van der Waals surface area contributed by atoms with Crippen molar-refractivity contribution in [1.82, 2.24) is 4.98 Å². The van der Waals surface area contributed by atoms with Crippen LogP contribution in [0.25, 0.3) is 11.3 Å². The molecule has 5 nitrogen and oxygen atoms in total. The van der Waals surface area contributed by atoms with E-state index in [2.05, 4.69) is 4.98 Å². The molecule has 17 heavy (non-hydrogen) atoms. The number of carbonyl (C=O) groups excluding carboxylic acids is 1. The van der Waals surface area contributed by atoms with Crippen LogP contribution in [0, 0.1) is 0 Å². The molecule has 0 saturated heterocycles. The highest BCUT2D eigenvalue weighted by atomic mass is 16.4. The molecule has 1 aromatic carbocycles. The summed E-state index contributed by atoms with van der Waals surface area (Å²) in [6.07, 6.45) is 0.545. The monoisotopic (exact) mass is 231 g/mol. The van der Waals surface area contributed by atoms with E-state index >= 15 is 0 Å². The molecular weight excluding hydrogens is 222 g/mol. The molecule has 0 atom stereocenters. The number of rotatable bonds is 4. The first kappa shape index (κ1) is 11.1. The molecule has 0 aliphatic heterocycles. The maximum Gasteiger partial charge on any atom is 0.311 e. The predicted molar refractivity (Wildman–Crippen MR) is 58.5 cm³/mol. The maximum atomic E-state index is 11.6. The Labute approximate surface area is 96.7 Å². The van der Waals surface area contributed by atoms with E-state index in [-0.39, 0.29) is 5.69 Å². The molecule has 0 unspecified atom stereocenters. The van der Waals surface area contributed by atoms with Gasteiger partial charge in [-0.2, -0.15) is 0 Å². The summed E-state index contributed by atoms with van der Waals surface area (Å²) in [5.41, 5.74) is 0.748.